The molecule has 1 aliphatic heterocycles. The molecule has 1 aromatic carbocycles. The molecule has 1 atom stereocenters. The Hall–Kier alpha value is -1.84. The molecular formula is C15H19NO3. The maximum atomic E-state index is 12.5. The fraction of sp³-hybridized carbons (Fsp3) is 0.467. The summed E-state index contributed by atoms with van der Waals surface area (Å²) in [6, 6.07) is 7.71. The van der Waals surface area contributed by atoms with Crippen molar-refractivity contribution in [3.05, 3.63) is 29.8 Å². The van der Waals surface area contributed by atoms with Crippen LogP contribution in [-0.2, 0) is 16.0 Å². The average molecular weight is 261 g/mol. The largest absolute Gasteiger partial charge is 0.480 e. The van der Waals surface area contributed by atoms with Crippen LogP contribution >= 0.6 is 0 Å². The van der Waals surface area contributed by atoms with Crippen LogP contribution in [0.4, 0.5) is 5.69 Å². The van der Waals surface area contributed by atoms with E-state index in [4.69, 9.17) is 0 Å². The first-order chi connectivity index (χ1) is 8.84. The van der Waals surface area contributed by atoms with Gasteiger partial charge in [0, 0.05) is 12.2 Å². The molecule has 1 unspecified atom stereocenters. The molecule has 4 nitrogen and oxygen atoms in total. The van der Waals surface area contributed by atoms with Gasteiger partial charge >= 0.3 is 5.97 Å². The number of hydrogen-bond donors (Lipinski definition) is 1. The molecule has 0 aliphatic carbocycles. The lowest BCUT2D eigenvalue weighted by Gasteiger charge is -2.36. The first-order valence-corrected chi connectivity index (χ1v) is 6.47. The van der Waals surface area contributed by atoms with E-state index in [9.17, 15) is 14.7 Å². The van der Waals surface area contributed by atoms with Crippen molar-refractivity contribution < 1.29 is 14.7 Å². The number of carbonyl (C=O) groups excluding carboxylic acids is 1. The minimum absolute atomic E-state index is 0.337. The van der Waals surface area contributed by atoms with Crippen LogP contribution < -0.4 is 4.90 Å². The van der Waals surface area contributed by atoms with E-state index >= 15 is 0 Å². The minimum atomic E-state index is -1.40. The monoisotopic (exact) mass is 261 g/mol. The van der Waals surface area contributed by atoms with Gasteiger partial charge in [0.1, 0.15) is 5.41 Å². The van der Waals surface area contributed by atoms with Crippen LogP contribution in [0, 0.1) is 11.3 Å². The summed E-state index contributed by atoms with van der Waals surface area (Å²) < 4.78 is 0. The lowest BCUT2D eigenvalue weighted by atomic mass is 9.88. The maximum Gasteiger partial charge on any atom is 0.318 e. The van der Waals surface area contributed by atoms with Gasteiger partial charge in [0.15, 0.2) is 0 Å². The van der Waals surface area contributed by atoms with Gasteiger partial charge in [-0.25, -0.2) is 0 Å². The Bertz CT molecular complexity index is 522. The van der Waals surface area contributed by atoms with Gasteiger partial charge in [-0.05, 0) is 37.8 Å². The summed E-state index contributed by atoms with van der Waals surface area (Å²) in [6.07, 6.45) is 0.924. The van der Waals surface area contributed by atoms with Crippen molar-refractivity contribution in [3.8, 4) is 0 Å². The number of anilines is 1. The zero-order chi connectivity index (χ0) is 14.2. The Morgan fingerprint density at radius 1 is 1.32 bits per heavy atom. The van der Waals surface area contributed by atoms with Gasteiger partial charge in [-0.3, -0.25) is 9.59 Å². The van der Waals surface area contributed by atoms with E-state index in [0.717, 1.165) is 17.7 Å². The van der Waals surface area contributed by atoms with Crippen LogP contribution in [0.15, 0.2) is 24.3 Å². The number of hydrogen-bond acceptors (Lipinski definition) is 2. The first kappa shape index (κ1) is 13.6. The van der Waals surface area contributed by atoms with Gasteiger partial charge in [-0.2, -0.15) is 0 Å². The standard InChI is InChI=1S/C15H19NO3/c1-10-8-11-6-4-5-7-12(11)16(9-10)13(17)15(2,3)14(18)19/h4-7,10H,8-9H2,1-3H3,(H,18,19). The van der Waals surface area contributed by atoms with Crippen LogP contribution in [0.3, 0.4) is 0 Å². The van der Waals surface area contributed by atoms with E-state index in [2.05, 4.69) is 6.92 Å². The molecular weight excluding hydrogens is 242 g/mol. The number of fused-ring (bicyclic) bond motifs is 1. The Balaban J connectivity index is 2.41. The third kappa shape index (κ3) is 2.35. The molecule has 1 aliphatic rings. The molecule has 0 saturated heterocycles. The Kier molecular flexibility index (Phi) is 3.35. The molecule has 1 heterocycles. The zero-order valence-corrected chi connectivity index (χ0v) is 11.5. The average Bonchev–Trinajstić information content (AvgIpc) is 2.36. The van der Waals surface area contributed by atoms with Crippen molar-refractivity contribution in [2.24, 2.45) is 11.3 Å². The molecule has 0 fully saturated rings. The van der Waals surface area contributed by atoms with E-state index in [0.29, 0.717) is 12.5 Å². The molecule has 1 N–H and O–H groups in total. The number of nitrogens with zero attached hydrogens (tertiary/aromatic N) is 1. The van der Waals surface area contributed by atoms with Gasteiger partial charge in [0.25, 0.3) is 0 Å². The summed E-state index contributed by atoms with van der Waals surface area (Å²) in [7, 11) is 0. The smallest absolute Gasteiger partial charge is 0.318 e. The lowest BCUT2D eigenvalue weighted by Crippen LogP contribution is -2.48. The van der Waals surface area contributed by atoms with E-state index in [-0.39, 0.29) is 5.91 Å². The highest BCUT2D eigenvalue weighted by molar-refractivity contribution is 6.09. The molecule has 0 radical (unpaired) electrons. The predicted molar refractivity (Wildman–Crippen MR) is 73.1 cm³/mol. The Morgan fingerprint density at radius 3 is 2.58 bits per heavy atom. The van der Waals surface area contributed by atoms with Gasteiger partial charge in [0.05, 0.1) is 0 Å². The van der Waals surface area contributed by atoms with Crippen LogP contribution in [0.25, 0.3) is 0 Å². The fourth-order valence-electron chi connectivity index (χ4n) is 2.42. The first-order valence-electron chi connectivity index (χ1n) is 6.47. The summed E-state index contributed by atoms with van der Waals surface area (Å²) in [5.41, 5.74) is 0.556. The second-order valence-electron chi connectivity index (χ2n) is 5.78. The van der Waals surface area contributed by atoms with Crippen molar-refractivity contribution >= 4 is 17.6 Å². The highest BCUT2D eigenvalue weighted by atomic mass is 16.4. The summed E-state index contributed by atoms with van der Waals surface area (Å²) in [5.74, 6) is -1.10. The van der Waals surface area contributed by atoms with Crippen molar-refractivity contribution in [1.29, 1.82) is 0 Å². The number of benzene rings is 1. The van der Waals surface area contributed by atoms with Crippen LogP contribution in [-0.4, -0.2) is 23.5 Å². The highest BCUT2D eigenvalue weighted by Crippen LogP contribution is 2.33. The van der Waals surface area contributed by atoms with Gasteiger partial charge < -0.3 is 10.0 Å². The van der Waals surface area contributed by atoms with Crippen LogP contribution in [0.1, 0.15) is 26.3 Å². The number of amides is 1. The molecule has 0 aromatic heterocycles. The minimum Gasteiger partial charge on any atom is -0.480 e. The van der Waals surface area contributed by atoms with Gasteiger partial charge in [0.2, 0.25) is 5.91 Å². The molecule has 2 rings (SSSR count). The number of carboxylic acids is 1. The third-order valence-electron chi connectivity index (χ3n) is 3.66. The Labute approximate surface area is 113 Å². The summed E-state index contributed by atoms with van der Waals surface area (Å²) in [5, 5.41) is 9.21. The highest BCUT2D eigenvalue weighted by Gasteiger charge is 2.41. The van der Waals surface area contributed by atoms with Gasteiger partial charge in [-0.15, -0.1) is 0 Å². The molecule has 1 aromatic rings. The summed E-state index contributed by atoms with van der Waals surface area (Å²) in [6.45, 7) is 5.57. The normalized spacial score (nSPS) is 18.9. The number of aliphatic carboxylic acids is 1. The SMILES string of the molecule is CC1Cc2ccccc2N(C(=O)C(C)(C)C(=O)O)C1. The second kappa shape index (κ2) is 4.68. The van der Waals surface area contributed by atoms with Crippen molar-refractivity contribution in [2.75, 3.05) is 11.4 Å². The molecule has 1 amide bonds. The van der Waals surface area contributed by atoms with E-state index in [1.165, 1.54) is 13.8 Å². The van der Waals surface area contributed by atoms with Crippen molar-refractivity contribution in [2.45, 2.75) is 27.2 Å². The number of carbonyl (C=O) groups is 2. The maximum absolute atomic E-state index is 12.5. The number of rotatable bonds is 2. The summed E-state index contributed by atoms with van der Waals surface area (Å²) >= 11 is 0. The molecule has 0 bridgehead atoms. The van der Waals surface area contributed by atoms with Gasteiger partial charge in [-0.1, -0.05) is 25.1 Å². The number of carboxylic acid groups (broad SMARTS) is 1. The quantitative estimate of drug-likeness (QED) is 0.831. The topological polar surface area (TPSA) is 57.6 Å². The van der Waals surface area contributed by atoms with Crippen molar-refractivity contribution in [3.63, 3.8) is 0 Å². The molecule has 19 heavy (non-hydrogen) atoms. The zero-order valence-electron chi connectivity index (χ0n) is 11.5. The predicted octanol–water partition coefficient (Wildman–Crippen LogP) is 2.32. The summed E-state index contributed by atoms with van der Waals surface area (Å²) in [4.78, 5) is 25.4. The third-order valence-corrected chi connectivity index (χ3v) is 3.66. The van der Waals surface area contributed by atoms with Crippen LogP contribution in [0.2, 0.25) is 0 Å². The van der Waals surface area contributed by atoms with Crippen LogP contribution in [0.5, 0.6) is 0 Å². The van der Waals surface area contributed by atoms with E-state index in [1.807, 2.05) is 24.3 Å². The lowest BCUT2D eigenvalue weighted by molar-refractivity contribution is -0.152. The van der Waals surface area contributed by atoms with E-state index < -0.39 is 11.4 Å². The molecule has 0 spiro atoms. The Morgan fingerprint density at radius 2 is 1.95 bits per heavy atom. The number of para-hydroxylation sites is 1. The fourth-order valence-corrected chi connectivity index (χ4v) is 2.42. The second-order valence-corrected chi connectivity index (χ2v) is 5.78. The van der Waals surface area contributed by atoms with E-state index in [1.54, 1.807) is 4.90 Å². The van der Waals surface area contributed by atoms with Crippen molar-refractivity contribution in [1.82, 2.24) is 0 Å². The molecule has 4 heteroatoms. The molecule has 102 valence electrons. The molecule has 0 saturated carbocycles.